The summed E-state index contributed by atoms with van der Waals surface area (Å²) in [5.74, 6) is -5.41. The van der Waals surface area contributed by atoms with Crippen molar-refractivity contribution in [1.82, 2.24) is 46.7 Å². The van der Waals surface area contributed by atoms with Crippen molar-refractivity contribution in [2.45, 2.75) is 115 Å². The Morgan fingerprint density at radius 1 is 0.756 bits per heavy atom. The monoisotopic (exact) mass is 1080 g/mol. The molecule has 1 aromatic heterocycles. The van der Waals surface area contributed by atoms with Crippen LogP contribution in [0.15, 0.2) is 79.0 Å². The number of nitro groups is 1. The molecule has 3 aromatic carbocycles. The quantitative estimate of drug-likeness (QED) is 0.0271. The van der Waals surface area contributed by atoms with Crippen LogP contribution in [-0.2, 0) is 57.6 Å². The molecule has 22 heteroatoms. The molecule has 0 radical (unpaired) electrons. The molecule has 9 N–H and O–H groups in total. The van der Waals surface area contributed by atoms with Gasteiger partial charge in [-0.15, -0.1) is 0 Å². The Balaban J connectivity index is 0.983. The van der Waals surface area contributed by atoms with Gasteiger partial charge >= 0.3 is 0 Å². The number of carbonyl (C=O) groups excluding carboxylic acids is 8. The van der Waals surface area contributed by atoms with Crippen molar-refractivity contribution in [2.24, 2.45) is 17.6 Å². The van der Waals surface area contributed by atoms with E-state index in [1.165, 1.54) is 72.8 Å². The number of aromatic amines is 1. The van der Waals surface area contributed by atoms with Gasteiger partial charge in [-0.25, -0.2) is 4.39 Å². The van der Waals surface area contributed by atoms with Crippen LogP contribution in [-0.4, -0.2) is 137 Å². The van der Waals surface area contributed by atoms with Crippen molar-refractivity contribution in [1.29, 1.82) is 0 Å². The lowest BCUT2D eigenvalue weighted by Gasteiger charge is -2.39. The second kappa shape index (κ2) is 26.8. The maximum Gasteiger partial charge on any atom is 0.269 e. The SMILES string of the molecule is CC(=O)N[C@@H](CCCCNC(=O)[C@@H](CCCCNC(=O)C1CCCN(C(=O)[C@H](Cc2ccc(F)cc2)NC(=O)[C@H](Cc2ccc([N+](=O)[O-])cc2)NC(=O)[C@@H]2C=C3c4cccc5[nH]cc(c45)C[C@H]3N(C)C2)C1)NC(C)=O)C(N)=O. The molecule has 8 amide bonds. The van der Waals surface area contributed by atoms with Crippen molar-refractivity contribution < 1.29 is 47.7 Å². The van der Waals surface area contributed by atoms with E-state index >= 15 is 0 Å². The molecule has 7 rings (SSSR count). The van der Waals surface area contributed by atoms with E-state index in [9.17, 15) is 52.9 Å². The first kappa shape index (κ1) is 57.7. The molecule has 0 spiro atoms. The number of primary amides is 1. The molecule has 1 aliphatic carbocycles. The van der Waals surface area contributed by atoms with Crippen molar-refractivity contribution in [3.63, 3.8) is 0 Å². The van der Waals surface area contributed by atoms with E-state index in [1.807, 2.05) is 37.5 Å². The molecule has 4 aromatic rings. The number of fused-ring (bicyclic) bond motifs is 2. The number of benzene rings is 3. The molecular formula is C56H70FN11O10. The summed E-state index contributed by atoms with van der Waals surface area (Å²) in [6.45, 7) is 3.84. The Morgan fingerprint density at radius 2 is 1.40 bits per heavy atom. The zero-order valence-corrected chi connectivity index (χ0v) is 44.2. The third-order valence-electron chi connectivity index (χ3n) is 14.7. The molecule has 7 atom stereocenters. The standard InChI is InChI=1S/C56H70FN11O10/c1-33(69)62-45(51(58)71)12-4-6-24-60-54(74)46(63-34(2)70)13-5-7-23-59-52(72)37-10-9-25-67(32-37)56(76)48(27-35-15-19-40(57)20-16-35)65-55(75)47(26-36-17-21-41(22-18-36)68(77)78)64-53(73)39-28-43-42-11-8-14-44-50(42)38(30-61-44)29-49(43)66(3)31-39/h8,11,14-22,28,30,37,39,45-49,61H,4-7,9-10,12-13,23-27,29,31-32H2,1-3H3,(H2,58,71)(H,59,72)(H,60,74)(H,62,69)(H,63,70)(H,64,73)(H,65,75)/t37?,39-,45+,46-,47+,48+,49-/m1/s1. The molecule has 21 nitrogen and oxygen atoms in total. The number of H-pyrrole nitrogens is 1. The summed E-state index contributed by atoms with van der Waals surface area (Å²) in [6, 6.07) is 13.2. The summed E-state index contributed by atoms with van der Waals surface area (Å²) >= 11 is 0. The second-order valence-electron chi connectivity index (χ2n) is 20.6. The number of nitrogens with one attached hydrogen (secondary N) is 7. The van der Waals surface area contributed by atoms with E-state index in [2.05, 4.69) is 41.8 Å². The smallest absolute Gasteiger partial charge is 0.269 e. The Morgan fingerprint density at radius 3 is 2.06 bits per heavy atom. The van der Waals surface area contributed by atoms with Crippen LogP contribution in [0.25, 0.3) is 16.5 Å². The van der Waals surface area contributed by atoms with Gasteiger partial charge in [-0.05, 0) is 111 Å². The molecule has 78 heavy (non-hydrogen) atoms. The number of rotatable bonds is 25. The van der Waals surface area contributed by atoms with Crippen LogP contribution in [0.5, 0.6) is 0 Å². The van der Waals surface area contributed by atoms with Crippen molar-refractivity contribution in [3.05, 3.63) is 117 Å². The van der Waals surface area contributed by atoms with Crippen LogP contribution in [0.1, 0.15) is 87.5 Å². The van der Waals surface area contributed by atoms with Gasteiger partial charge in [-0.2, -0.15) is 0 Å². The molecule has 3 aliphatic rings. The highest BCUT2D eigenvalue weighted by molar-refractivity contribution is 6.00. The summed E-state index contributed by atoms with van der Waals surface area (Å²) < 4.78 is 14.1. The Bertz CT molecular complexity index is 2890. The first-order valence-corrected chi connectivity index (χ1v) is 26.6. The fourth-order valence-corrected chi connectivity index (χ4v) is 10.7. The van der Waals surface area contributed by atoms with Crippen LogP contribution < -0.4 is 37.6 Å². The molecule has 1 unspecified atom stereocenters. The van der Waals surface area contributed by atoms with Gasteiger partial charge < -0.3 is 47.5 Å². The summed E-state index contributed by atoms with van der Waals surface area (Å²) in [5, 5.41) is 29.4. The molecule has 3 heterocycles. The first-order chi connectivity index (χ1) is 37.3. The van der Waals surface area contributed by atoms with E-state index in [0.29, 0.717) is 75.6 Å². The summed E-state index contributed by atoms with van der Waals surface area (Å²) in [6.07, 6.45) is 8.17. The number of carbonyl (C=O) groups is 8. The van der Waals surface area contributed by atoms with E-state index in [0.717, 1.165) is 28.5 Å². The van der Waals surface area contributed by atoms with Gasteiger partial charge in [0.2, 0.25) is 47.3 Å². The number of nitrogens with zero attached hydrogens (tertiary/aromatic N) is 3. The lowest BCUT2D eigenvalue weighted by molar-refractivity contribution is -0.384. The van der Waals surface area contributed by atoms with Gasteiger partial charge in [0.1, 0.15) is 30.0 Å². The van der Waals surface area contributed by atoms with E-state index < -0.39 is 70.4 Å². The zero-order chi connectivity index (χ0) is 56.0. The maximum atomic E-state index is 14.7. The Labute approximate surface area is 451 Å². The minimum absolute atomic E-state index is 0.0307. The topological polar surface area (TPSA) is 300 Å². The fraction of sp³-hybridized carbons (Fsp3) is 0.464. The predicted molar refractivity (Wildman–Crippen MR) is 288 cm³/mol. The third-order valence-corrected chi connectivity index (χ3v) is 14.7. The summed E-state index contributed by atoms with van der Waals surface area (Å²) in [5.41, 5.74) is 10.5. The minimum Gasteiger partial charge on any atom is -0.368 e. The van der Waals surface area contributed by atoms with Gasteiger partial charge in [0.05, 0.1) is 16.8 Å². The molecule has 0 bridgehead atoms. The number of amides is 8. The first-order valence-electron chi connectivity index (χ1n) is 26.6. The second-order valence-corrected chi connectivity index (χ2v) is 20.6. The Kier molecular flexibility index (Phi) is 19.9. The third kappa shape index (κ3) is 15.3. The molecular weight excluding hydrogens is 1010 g/mol. The number of piperidine rings is 1. The lowest BCUT2D eigenvalue weighted by Crippen LogP contribution is -2.58. The molecule has 416 valence electrons. The van der Waals surface area contributed by atoms with Gasteiger partial charge in [-0.3, -0.25) is 53.4 Å². The van der Waals surface area contributed by atoms with Crippen molar-refractivity contribution in [2.75, 3.05) is 39.8 Å². The Hall–Kier alpha value is -8.01. The van der Waals surface area contributed by atoms with Crippen molar-refractivity contribution in [3.8, 4) is 0 Å². The maximum absolute atomic E-state index is 14.7. The van der Waals surface area contributed by atoms with Crippen LogP contribution in [0.3, 0.4) is 0 Å². The minimum atomic E-state index is -1.24. The number of non-ortho nitro benzene ring substituents is 1. The summed E-state index contributed by atoms with van der Waals surface area (Å²) in [7, 11) is 1.96. The molecule has 1 saturated heterocycles. The largest absolute Gasteiger partial charge is 0.368 e. The van der Waals surface area contributed by atoms with Gasteiger partial charge in [0.15, 0.2) is 0 Å². The van der Waals surface area contributed by atoms with Crippen molar-refractivity contribution >= 4 is 69.4 Å². The molecule has 1 fully saturated rings. The number of unbranched alkanes of at least 4 members (excludes halogenated alkanes) is 2. The van der Waals surface area contributed by atoms with Gasteiger partial charge in [-0.1, -0.05) is 42.5 Å². The highest BCUT2D eigenvalue weighted by Gasteiger charge is 2.38. The average Bonchev–Trinajstić information content (AvgIpc) is 3.90. The zero-order valence-electron chi connectivity index (χ0n) is 44.2. The molecule has 2 aliphatic heterocycles. The van der Waals surface area contributed by atoms with Crippen LogP contribution in [0, 0.1) is 27.8 Å². The van der Waals surface area contributed by atoms with E-state index in [4.69, 9.17) is 5.73 Å². The normalized spacial score (nSPS) is 18.4. The van der Waals surface area contributed by atoms with E-state index in [1.54, 1.807) is 0 Å². The highest BCUT2D eigenvalue weighted by atomic mass is 19.1. The summed E-state index contributed by atoms with van der Waals surface area (Å²) in [4.78, 5) is 123. The number of hydrogen-bond donors (Lipinski definition) is 8. The lowest BCUT2D eigenvalue weighted by atomic mass is 9.79. The number of halogens is 1. The number of nitro benzene ring substituents is 1. The van der Waals surface area contributed by atoms with Gasteiger partial charge in [0.25, 0.3) is 5.69 Å². The van der Waals surface area contributed by atoms with Crippen LogP contribution >= 0.6 is 0 Å². The number of aromatic nitrogens is 1. The van der Waals surface area contributed by atoms with E-state index in [-0.39, 0.29) is 67.8 Å². The number of likely N-dealkylation sites (tertiary alicyclic amines) is 1. The average molecular weight is 1080 g/mol. The van der Waals surface area contributed by atoms with Crippen LogP contribution in [0.2, 0.25) is 0 Å². The van der Waals surface area contributed by atoms with Gasteiger partial charge in [0, 0.05) is 94.7 Å². The number of hydrogen-bond acceptors (Lipinski definition) is 11. The number of likely N-dealkylation sites (N-methyl/N-ethyl adjacent to an activating group) is 1. The molecule has 0 saturated carbocycles. The highest BCUT2D eigenvalue weighted by Crippen LogP contribution is 2.41. The fourth-order valence-electron chi connectivity index (χ4n) is 10.7. The number of nitrogens with two attached hydrogens (primary N) is 1. The van der Waals surface area contributed by atoms with Crippen LogP contribution in [0.4, 0.5) is 10.1 Å². The predicted octanol–water partition coefficient (Wildman–Crippen LogP) is 2.85.